The molecule has 0 saturated heterocycles. The first-order chi connectivity index (χ1) is 13.0. The van der Waals surface area contributed by atoms with E-state index >= 15 is 0 Å². The number of benzene rings is 2. The van der Waals surface area contributed by atoms with Gasteiger partial charge in [-0.25, -0.2) is 0 Å². The van der Waals surface area contributed by atoms with E-state index in [9.17, 15) is 4.79 Å². The highest BCUT2D eigenvalue weighted by Crippen LogP contribution is 2.38. The van der Waals surface area contributed by atoms with Gasteiger partial charge < -0.3 is 5.32 Å². The predicted octanol–water partition coefficient (Wildman–Crippen LogP) is 4.37. The molecule has 1 aliphatic rings. The Morgan fingerprint density at radius 1 is 1.07 bits per heavy atom. The van der Waals surface area contributed by atoms with E-state index in [-0.39, 0.29) is 12.1 Å². The summed E-state index contributed by atoms with van der Waals surface area (Å²) in [6.07, 6.45) is 0.674. The van der Waals surface area contributed by atoms with Gasteiger partial charge >= 0.3 is 0 Å². The molecule has 0 aliphatic carbocycles. The lowest BCUT2D eigenvalue weighted by atomic mass is 10.0. The quantitative estimate of drug-likeness (QED) is 0.754. The Balaban J connectivity index is 1.89. The molecule has 2 heterocycles. The molecule has 5 nitrogen and oxygen atoms in total. The number of rotatable bonds is 3. The van der Waals surface area contributed by atoms with Crippen LogP contribution in [0.25, 0.3) is 0 Å². The molecule has 5 heteroatoms. The first kappa shape index (κ1) is 17.3. The maximum Gasteiger partial charge on any atom is 0.262 e. The number of carbonyl (C=O) groups excluding carboxylic acids is 1. The van der Waals surface area contributed by atoms with E-state index in [1.54, 1.807) is 0 Å². The van der Waals surface area contributed by atoms with Crippen molar-refractivity contribution in [2.24, 2.45) is 7.05 Å². The second-order valence-corrected chi connectivity index (χ2v) is 7.00. The van der Waals surface area contributed by atoms with Crippen molar-refractivity contribution < 1.29 is 4.79 Å². The molecular weight excluding hydrogens is 336 g/mol. The number of aryl methyl sites for hydroxylation is 3. The van der Waals surface area contributed by atoms with Crippen LogP contribution in [-0.4, -0.2) is 15.7 Å². The van der Waals surface area contributed by atoms with Crippen molar-refractivity contribution >= 4 is 17.3 Å². The molecule has 0 unspecified atom stereocenters. The maximum atomic E-state index is 13.4. The summed E-state index contributed by atoms with van der Waals surface area (Å²) in [5.41, 5.74) is 6.69. The third-order valence-electron chi connectivity index (χ3n) is 5.39. The summed E-state index contributed by atoms with van der Waals surface area (Å²) in [7, 11) is 1.94. The lowest BCUT2D eigenvalue weighted by Gasteiger charge is -2.38. The van der Waals surface area contributed by atoms with Crippen LogP contribution >= 0.6 is 0 Å². The lowest BCUT2D eigenvalue weighted by Crippen LogP contribution is -2.43. The van der Waals surface area contributed by atoms with Crippen molar-refractivity contribution in [2.75, 3.05) is 10.2 Å². The van der Waals surface area contributed by atoms with Gasteiger partial charge in [0.2, 0.25) is 0 Å². The van der Waals surface area contributed by atoms with Crippen molar-refractivity contribution in [3.8, 4) is 0 Å². The number of amides is 1. The van der Waals surface area contributed by atoms with Crippen molar-refractivity contribution in [3.63, 3.8) is 0 Å². The Kier molecular flexibility index (Phi) is 4.22. The molecule has 3 aromatic rings. The Morgan fingerprint density at radius 2 is 1.78 bits per heavy atom. The molecule has 2 aromatic carbocycles. The van der Waals surface area contributed by atoms with Gasteiger partial charge in [-0.3, -0.25) is 14.4 Å². The van der Waals surface area contributed by atoms with Crippen LogP contribution in [0.3, 0.4) is 0 Å². The van der Waals surface area contributed by atoms with Gasteiger partial charge in [-0.05, 0) is 50.1 Å². The van der Waals surface area contributed by atoms with Gasteiger partial charge in [-0.1, -0.05) is 31.2 Å². The fourth-order valence-corrected chi connectivity index (χ4v) is 3.80. The number of nitrogens with zero attached hydrogens (tertiary/aromatic N) is 3. The number of anilines is 2. The monoisotopic (exact) mass is 360 g/mol. The van der Waals surface area contributed by atoms with Gasteiger partial charge in [0, 0.05) is 29.7 Å². The number of fused-ring (bicyclic) bond motifs is 1. The molecule has 138 valence electrons. The van der Waals surface area contributed by atoms with Gasteiger partial charge in [0.15, 0.2) is 0 Å². The van der Waals surface area contributed by atoms with E-state index in [1.165, 1.54) is 5.56 Å². The zero-order valence-electron chi connectivity index (χ0n) is 16.2. The summed E-state index contributed by atoms with van der Waals surface area (Å²) in [4.78, 5) is 15.3. The Morgan fingerprint density at radius 3 is 2.41 bits per heavy atom. The van der Waals surface area contributed by atoms with E-state index in [0.717, 1.165) is 34.7 Å². The van der Waals surface area contributed by atoms with Crippen molar-refractivity contribution in [1.29, 1.82) is 0 Å². The summed E-state index contributed by atoms with van der Waals surface area (Å²) in [6.45, 7) is 6.16. The lowest BCUT2D eigenvalue weighted by molar-refractivity contribution is 0.0975. The highest BCUT2D eigenvalue weighted by molar-refractivity contribution is 6.12. The molecule has 1 aliphatic heterocycles. The highest BCUT2D eigenvalue weighted by Gasteiger charge is 2.36. The van der Waals surface area contributed by atoms with Crippen LogP contribution in [0.1, 0.15) is 46.0 Å². The fraction of sp³-hybridized carbons (Fsp3) is 0.273. The largest absolute Gasteiger partial charge is 0.360 e. The van der Waals surface area contributed by atoms with Crippen molar-refractivity contribution in [3.05, 3.63) is 76.6 Å². The number of hydrogen-bond acceptors (Lipinski definition) is 3. The first-order valence-electron chi connectivity index (χ1n) is 9.29. The van der Waals surface area contributed by atoms with E-state index < -0.39 is 0 Å². The zero-order valence-corrected chi connectivity index (χ0v) is 16.2. The van der Waals surface area contributed by atoms with Gasteiger partial charge in [0.25, 0.3) is 5.91 Å². The SMILES string of the molecule is CCc1ccc(N2C(=O)c3ccccc3N[C@H]2c2c(C)nn(C)c2C)cc1. The minimum absolute atomic E-state index is 0.00116. The number of aromatic nitrogens is 2. The molecule has 27 heavy (non-hydrogen) atoms. The van der Waals surface area contributed by atoms with Crippen LogP contribution in [0.4, 0.5) is 11.4 Å². The van der Waals surface area contributed by atoms with E-state index in [4.69, 9.17) is 0 Å². The molecule has 1 amide bonds. The summed E-state index contributed by atoms with van der Waals surface area (Å²) in [6, 6.07) is 15.9. The maximum absolute atomic E-state index is 13.4. The second kappa shape index (κ2) is 6.58. The Bertz CT molecular complexity index is 1000. The Hall–Kier alpha value is -3.08. The molecule has 0 spiro atoms. The average Bonchev–Trinajstić information content (AvgIpc) is 2.93. The van der Waals surface area contributed by atoms with Gasteiger partial charge in [0.05, 0.1) is 11.3 Å². The summed E-state index contributed by atoms with van der Waals surface area (Å²) >= 11 is 0. The number of nitrogens with one attached hydrogen (secondary N) is 1. The molecule has 1 atom stereocenters. The predicted molar refractivity (Wildman–Crippen MR) is 108 cm³/mol. The van der Waals surface area contributed by atoms with Crippen LogP contribution in [0.5, 0.6) is 0 Å². The minimum atomic E-state index is -0.298. The van der Waals surface area contributed by atoms with Gasteiger partial charge in [-0.15, -0.1) is 0 Å². The summed E-state index contributed by atoms with van der Waals surface area (Å²) < 4.78 is 1.87. The summed E-state index contributed by atoms with van der Waals surface area (Å²) in [5.74, 6) is 0.00116. The van der Waals surface area contributed by atoms with Crippen molar-refractivity contribution in [2.45, 2.75) is 33.4 Å². The smallest absolute Gasteiger partial charge is 0.262 e. The van der Waals surface area contributed by atoms with E-state index in [1.807, 2.05) is 66.9 Å². The normalized spacial score (nSPS) is 16.2. The van der Waals surface area contributed by atoms with Gasteiger partial charge in [-0.2, -0.15) is 5.10 Å². The third kappa shape index (κ3) is 2.79. The van der Waals surface area contributed by atoms with Crippen molar-refractivity contribution in [1.82, 2.24) is 9.78 Å². The molecule has 0 fully saturated rings. The Labute approximate surface area is 159 Å². The van der Waals surface area contributed by atoms with Crippen LogP contribution < -0.4 is 10.2 Å². The third-order valence-corrected chi connectivity index (χ3v) is 5.39. The number of carbonyl (C=O) groups is 1. The standard InChI is InChI=1S/C22H24N4O/c1-5-16-10-12-17(13-11-16)26-21(20-14(2)24-25(4)15(20)3)23-19-9-7-6-8-18(19)22(26)27/h6-13,21,23H,5H2,1-4H3/t21-/m1/s1. The van der Waals surface area contributed by atoms with Crippen LogP contribution in [0, 0.1) is 13.8 Å². The van der Waals surface area contributed by atoms with E-state index in [2.05, 4.69) is 29.5 Å². The minimum Gasteiger partial charge on any atom is -0.360 e. The molecule has 4 rings (SSSR count). The number of para-hydroxylation sites is 1. The fourth-order valence-electron chi connectivity index (χ4n) is 3.80. The summed E-state index contributed by atoms with van der Waals surface area (Å²) in [5, 5.41) is 8.13. The molecule has 0 saturated carbocycles. The number of hydrogen-bond donors (Lipinski definition) is 1. The average molecular weight is 360 g/mol. The topological polar surface area (TPSA) is 50.2 Å². The van der Waals surface area contributed by atoms with Crippen LogP contribution in [0.2, 0.25) is 0 Å². The first-order valence-corrected chi connectivity index (χ1v) is 9.29. The van der Waals surface area contributed by atoms with Crippen LogP contribution in [-0.2, 0) is 13.5 Å². The van der Waals surface area contributed by atoms with Gasteiger partial charge in [0.1, 0.15) is 6.17 Å². The molecule has 1 aromatic heterocycles. The zero-order chi connectivity index (χ0) is 19.1. The second-order valence-electron chi connectivity index (χ2n) is 7.00. The highest BCUT2D eigenvalue weighted by atomic mass is 16.2. The molecule has 1 N–H and O–H groups in total. The van der Waals surface area contributed by atoms with Crippen LogP contribution in [0.15, 0.2) is 48.5 Å². The molecule has 0 bridgehead atoms. The molecular formula is C22H24N4O. The van der Waals surface area contributed by atoms with E-state index in [0.29, 0.717) is 5.56 Å². The molecule has 0 radical (unpaired) electrons.